The van der Waals surface area contributed by atoms with Gasteiger partial charge < -0.3 is 41.9 Å². The number of hydroxylamine groups is 2. The predicted molar refractivity (Wildman–Crippen MR) is 98.3 cm³/mol. The monoisotopic (exact) mass is 410 g/mol. The summed E-state index contributed by atoms with van der Waals surface area (Å²) in [6, 6.07) is 5.55. The highest BCUT2D eigenvalue weighted by Gasteiger charge is 2.34. The van der Waals surface area contributed by atoms with Gasteiger partial charge in [0.1, 0.15) is 0 Å². The van der Waals surface area contributed by atoms with E-state index in [0.29, 0.717) is 5.70 Å². The number of anilines is 1. The summed E-state index contributed by atoms with van der Waals surface area (Å²) in [6.45, 7) is 2.63. The number of allylic oxidation sites excluding steroid dienone is 3. The molecular weight excluding hydrogens is 390 g/mol. The van der Waals surface area contributed by atoms with E-state index in [1.807, 2.05) is 0 Å². The summed E-state index contributed by atoms with van der Waals surface area (Å²) in [5, 5.41) is 64.4. The topological polar surface area (TPSA) is 190 Å². The van der Waals surface area contributed by atoms with E-state index in [2.05, 4.69) is 15.5 Å². The molecule has 5 N–H and O–H groups in total. The molecule has 0 saturated carbocycles. The number of dihydropyridines is 1. The lowest BCUT2D eigenvalue weighted by Gasteiger charge is -2.38. The molecule has 1 aliphatic rings. The zero-order valence-electron chi connectivity index (χ0n) is 15.5. The Hall–Kier alpha value is -2.75. The van der Waals surface area contributed by atoms with E-state index in [-0.39, 0.29) is 51.8 Å². The second-order valence-electron chi connectivity index (χ2n) is 6.07. The van der Waals surface area contributed by atoms with Crippen LogP contribution in [0.15, 0.2) is 46.9 Å². The molecule has 1 aliphatic heterocycles. The van der Waals surface area contributed by atoms with Gasteiger partial charge in [0, 0.05) is 23.5 Å². The number of carbonyl (C=O) groups is 1. The van der Waals surface area contributed by atoms with Crippen molar-refractivity contribution < 1.29 is 25.3 Å². The number of rotatable bonds is 8. The Morgan fingerprint density at radius 3 is 2.45 bits per heavy atom. The predicted octanol–water partition coefficient (Wildman–Crippen LogP) is 0.998. The number of hydrogen-bond acceptors (Lipinski definition) is 12. The SMILES string of the molecule is CC1=C(C(=O)NCCON([O-])O)C(c2cccc(N([O-])O)c2)C(N([O-])O)=C(C)N1. The first kappa shape index (κ1) is 22.5. The Labute approximate surface area is 165 Å². The maximum atomic E-state index is 12.8. The maximum absolute atomic E-state index is 12.8. The summed E-state index contributed by atoms with van der Waals surface area (Å²) >= 11 is 0. The van der Waals surface area contributed by atoms with Crippen molar-refractivity contribution in [3.63, 3.8) is 0 Å². The third kappa shape index (κ3) is 5.41. The van der Waals surface area contributed by atoms with Crippen molar-refractivity contribution in [2.45, 2.75) is 19.8 Å². The van der Waals surface area contributed by atoms with Crippen molar-refractivity contribution in [1.29, 1.82) is 0 Å². The zero-order valence-corrected chi connectivity index (χ0v) is 15.5. The molecular formula is C16H20N5O8-3. The molecule has 1 heterocycles. The highest BCUT2D eigenvalue weighted by molar-refractivity contribution is 5.97. The van der Waals surface area contributed by atoms with Crippen LogP contribution in [0.25, 0.3) is 0 Å². The van der Waals surface area contributed by atoms with Crippen molar-refractivity contribution >= 4 is 11.6 Å². The minimum atomic E-state index is -1.08. The smallest absolute Gasteiger partial charge is 0.250 e. The highest BCUT2D eigenvalue weighted by atomic mass is 17.1. The first-order valence-corrected chi connectivity index (χ1v) is 8.31. The van der Waals surface area contributed by atoms with Crippen LogP contribution in [0.2, 0.25) is 0 Å². The van der Waals surface area contributed by atoms with Gasteiger partial charge in [0.05, 0.1) is 23.9 Å². The summed E-state index contributed by atoms with van der Waals surface area (Å²) in [5.41, 5.74) is 0.655. The van der Waals surface area contributed by atoms with Gasteiger partial charge in [0.2, 0.25) is 5.91 Å². The lowest BCUT2D eigenvalue weighted by molar-refractivity contribution is -0.304. The highest BCUT2D eigenvalue weighted by Crippen LogP contribution is 2.39. The minimum Gasteiger partial charge on any atom is -0.738 e. The molecule has 0 aliphatic carbocycles. The van der Waals surface area contributed by atoms with Crippen molar-refractivity contribution in [2.24, 2.45) is 0 Å². The molecule has 0 saturated heterocycles. The number of amides is 1. The summed E-state index contributed by atoms with van der Waals surface area (Å²) in [4.78, 5) is 17.0. The molecule has 0 aromatic heterocycles. The van der Waals surface area contributed by atoms with E-state index in [1.54, 1.807) is 6.92 Å². The first-order chi connectivity index (χ1) is 13.6. The average Bonchev–Trinajstić information content (AvgIpc) is 2.64. The molecule has 13 nitrogen and oxygen atoms in total. The molecule has 1 aromatic rings. The van der Waals surface area contributed by atoms with Crippen LogP contribution in [0, 0.1) is 15.6 Å². The van der Waals surface area contributed by atoms with Gasteiger partial charge in [-0.15, -0.1) is 5.39 Å². The van der Waals surface area contributed by atoms with Crippen LogP contribution in [-0.2, 0) is 9.63 Å². The summed E-state index contributed by atoms with van der Waals surface area (Å²) in [7, 11) is 0. The van der Waals surface area contributed by atoms with Gasteiger partial charge in [-0.05, 0) is 31.5 Å². The molecule has 0 spiro atoms. The number of hydrogen-bond donors (Lipinski definition) is 5. The van der Waals surface area contributed by atoms with Crippen LogP contribution in [0.3, 0.4) is 0 Å². The Morgan fingerprint density at radius 2 is 1.86 bits per heavy atom. The van der Waals surface area contributed by atoms with Gasteiger partial charge in [-0.1, -0.05) is 12.1 Å². The zero-order chi connectivity index (χ0) is 21.7. The number of nitrogens with zero attached hydrogens (tertiary/aromatic N) is 3. The fourth-order valence-electron chi connectivity index (χ4n) is 3.07. The van der Waals surface area contributed by atoms with E-state index in [0.717, 1.165) is 0 Å². The number of nitrogens with one attached hydrogen (secondary N) is 2. The average molecular weight is 410 g/mol. The molecule has 160 valence electrons. The molecule has 0 bridgehead atoms. The van der Waals surface area contributed by atoms with Crippen LogP contribution < -0.4 is 15.9 Å². The van der Waals surface area contributed by atoms with Gasteiger partial charge in [0.15, 0.2) is 0 Å². The molecule has 13 heteroatoms. The van der Waals surface area contributed by atoms with Crippen molar-refractivity contribution in [1.82, 2.24) is 21.2 Å². The second kappa shape index (κ2) is 9.64. The Balaban J connectivity index is 2.42. The summed E-state index contributed by atoms with van der Waals surface area (Å²) in [6.07, 6.45) is 0. The lowest BCUT2D eigenvalue weighted by Crippen LogP contribution is -2.38. The van der Waals surface area contributed by atoms with Gasteiger partial charge in [0.25, 0.3) is 0 Å². The van der Waals surface area contributed by atoms with Gasteiger partial charge in [-0.25, -0.2) is 0 Å². The molecule has 1 unspecified atom stereocenters. The third-order valence-corrected chi connectivity index (χ3v) is 4.19. The molecule has 1 aromatic carbocycles. The van der Waals surface area contributed by atoms with E-state index in [9.17, 15) is 25.6 Å². The Kier molecular flexibility index (Phi) is 7.49. The molecule has 0 radical (unpaired) electrons. The fraction of sp³-hybridized carbons (Fsp3) is 0.312. The quantitative estimate of drug-likeness (QED) is 0.302. The maximum Gasteiger partial charge on any atom is 0.250 e. The minimum absolute atomic E-state index is 0.0519. The molecule has 1 amide bonds. The van der Waals surface area contributed by atoms with Crippen LogP contribution in [-0.4, -0.2) is 45.3 Å². The van der Waals surface area contributed by atoms with Gasteiger partial charge >= 0.3 is 0 Å². The van der Waals surface area contributed by atoms with Crippen LogP contribution in [0.4, 0.5) is 5.69 Å². The Morgan fingerprint density at radius 1 is 1.17 bits per heavy atom. The molecule has 1 atom stereocenters. The lowest BCUT2D eigenvalue weighted by atomic mass is 9.83. The van der Waals surface area contributed by atoms with Gasteiger partial charge in [-0.3, -0.25) is 20.0 Å². The summed E-state index contributed by atoms with van der Waals surface area (Å²) < 4.78 is 0. The van der Waals surface area contributed by atoms with Crippen LogP contribution in [0.1, 0.15) is 25.3 Å². The van der Waals surface area contributed by atoms with E-state index in [1.165, 1.54) is 31.2 Å². The Bertz CT molecular complexity index is 808. The summed E-state index contributed by atoms with van der Waals surface area (Å²) in [5.74, 6) is -1.73. The second-order valence-corrected chi connectivity index (χ2v) is 6.07. The number of benzene rings is 1. The largest absolute Gasteiger partial charge is 0.738 e. The van der Waals surface area contributed by atoms with Crippen LogP contribution in [0.5, 0.6) is 0 Å². The van der Waals surface area contributed by atoms with Crippen molar-refractivity contribution in [3.05, 3.63) is 68.1 Å². The number of carbonyl (C=O) groups excluding carboxylic acids is 1. The van der Waals surface area contributed by atoms with E-state index >= 15 is 0 Å². The van der Waals surface area contributed by atoms with E-state index in [4.69, 9.17) is 10.4 Å². The molecule has 0 fully saturated rings. The standard InChI is InChI=1S/C16H20N5O8/c1-9-13(16(22)17-6-7-29-21(27)28)14(15(20(25)26)10(2)18-9)11-4-3-5-12(8-11)19(23)24/h3-5,8,14,18,23,25,27H,6-7H2,1-2H3,(H,17,22)/q-3. The normalized spacial score (nSPS) is 16.8. The third-order valence-electron chi connectivity index (χ3n) is 4.19. The van der Waals surface area contributed by atoms with Crippen molar-refractivity contribution in [3.8, 4) is 0 Å². The molecule has 29 heavy (non-hydrogen) atoms. The van der Waals surface area contributed by atoms with Gasteiger partial charge in [-0.2, -0.15) is 0 Å². The van der Waals surface area contributed by atoms with Crippen LogP contribution >= 0.6 is 0 Å². The molecule has 2 rings (SSSR count). The van der Waals surface area contributed by atoms with E-state index < -0.39 is 17.2 Å². The fourth-order valence-corrected chi connectivity index (χ4v) is 3.07. The first-order valence-electron chi connectivity index (χ1n) is 8.31. The van der Waals surface area contributed by atoms with Crippen molar-refractivity contribution in [2.75, 3.05) is 18.4 Å².